The summed E-state index contributed by atoms with van der Waals surface area (Å²) in [5.41, 5.74) is 2.61. The van der Waals surface area contributed by atoms with Crippen LogP contribution < -0.4 is 4.74 Å². The van der Waals surface area contributed by atoms with Crippen LogP contribution in [-0.4, -0.2) is 0 Å². The van der Waals surface area contributed by atoms with E-state index in [1.807, 2.05) is 0 Å². The molecule has 1 heterocycles. The molecule has 1 aliphatic heterocycles. The third-order valence-electron chi connectivity index (χ3n) is 5.18. The molecule has 24 heavy (non-hydrogen) atoms. The largest absolute Gasteiger partial charge is 0.455 e. The zero-order chi connectivity index (χ0) is 16.1. The van der Waals surface area contributed by atoms with E-state index in [2.05, 4.69) is 79.7 Å². The van der Waals surface area contributed by atoms with Gasteiger partial charge in [-0.2, -0.15) is 0 Å². The minimum Gasteiger partial charge on any atom is -0.455 e. The van der Waals surface area contributed by atoms with Crippen LogP contribution in [0, 0.1) is 0 Å². The van der Waals surface area contributed by atoms with E-state index in [0.29, 0.717) is 5.92 Å². The van der Waals surface area contributed by atoms with Crippen molar-refractivity contribution in [2.45, 2.75) is 19.3 Å². The van der Waals surface area contributed by atoms with Crippen molar-refractivity contribution in [1.29, 1.82) is 0 Å². The molecule has 0 fully saturated rings. The normalized spacial score (nSPS) is 13.5. The molecule has 0 saturated heterocycles. The first-order valence-electron chi connectivity index (χ1n) is 8.58. The SMILES string of the molecule is CCC1c2ccc3ccccc3c2Oc2c1ccc1ccccc21. The minimum absolute atomic E-state index is 0.387. The summed E-state index contributed by atoms with van der Waals surface area (Å²) in [6.45, 7) is 2.26. The molecule has 0 atom stereocenters. The highest BCUT2D eigenvalue weighted by atomic mass is 16.5. The van der Waals surface area contributed by atoms with E-state index in [0.717, 1.165) is 17.9 Å². The van der Waals surface area contributed by atoms with Crippen LogP contribution in [-0.2, 0) is 0 Å². The predicted molar refractivity (Wildman–Crippen MR) is 100 cm³/mol. The van der Waals surface area contributed by atoms with E-state index in [4.69, 9.17) is 4.74 Å². The van der Waals surface area contributed by atoms with Gasteiger partial charge >= 0.3 is 0 Å². The maximum atomic E-state index is 6.54. The summed E-state index contributed by atoms with van der Waals surface area (Å²) >= 11 is 0. The lowest BCUT2D eigenvalue weighted by Gasteiger charge is -2.29. The molecule has 0 aromatic heterocycles. The van der Waals surface area contributed by atoms with Gasteiger partial charge in [0.05, 0.1) is 0 Å². The van der Waals surface area contributed by atoms with Crippen molar-refractivity contribution in [3.63, 3.8) is 0 Å². The van der Waals surface area contributed by atoms with Crippen LogP contribution >= 0.6 is 0 Å². The number of hydrogen-bond acceptors (Lipinski definition) is 1. The lowest BCUT2D eigenvalue weighted by Crippen LogP contribution is -2.10. The third-order valence-corrected chi connectivity index (χ3v) is 5.18. The van der Waals surface area contributed by atoms with Gasteiger partial charge in [-0.3, -0.25) is 0 Å². The average Bonchev–Trinajstić information content (AvgIpc) is 2.66. The average molecular weight is 310 g/mol. The fourth-order valence-corrected chi connectivity index (χ4v) is 4.01. The fourth-order valence-electron chi connectivity index (χ4n) is 4.01. The van der Waals surface area contributed by atoms with Gasteiger partial charge in [0.15, 0.2) is 0 Å². The molecule has 1 heteroatoms. The van der Waals surface area contributed by atoms with Crippen LogP contribution in [0.4, 0.5) is 0 Å². The topological polar surface area (TPSA) is 9.23 Å². The highest BCUT2D eigenvalue weighted by Crippen LogP contribution is 2.50. The molecule has 0 spiro atoms. The summed E-state index contributed by atoms with van der Waals surface area (Å²) in [4.78, 5) is 0. The first-order chi connectivity index (χ1) is 11.9. The summed E-state index contributed by atoms with van der Waals surface area (Å²) in [5.74, 6) is 2.45. The van der Waals surface area contributed by atoms with E-state index < -0.39 is 0 Å². The monoisotopic (exact) mass is 310 g/mol. The van der Waals surface area contributed by atoms with Gasteiger partial charge in [-0.05, 0) is 17.2 Å². The van der Waals surface area contributed by atoms with Crippen LogP contribution in [0.25, 0.3) is 21.5 Å². The van der Waals surface area contributed by atoms with Crippen molar-refractivity contribution in [3.8, 4) is 11.5 Å². The molecule has 0 amide bonds. The molecule has 0 N–H and O–H groups in total. The molecule has 116 valence electrons. The Morgan fingerprint density at radius 2 is 1.17 bits per heavy atom. The van der Waals surface area contributed by atoms with Crippen molar-refractivity contribution in [2.75, 3.05) is 0 Å². The van der Waals surface area contributed by atoms with Crippen molar-refractivity contribution < 1.29 is 4.74 Å². The Labute approximate surface area is 141 Å². The van der Waals surface area contributed by atoms with Crippen LogP contribution in [0.3, 0.4) is 0 Å². The predicted octanol–water partition coefficient (Wildman–Crippen LogP) is 6.64. The second-order valence-electron chi connectivity index (χ2n) is 6.47. The van der Waals surface area contributed by atoms with Crippen molar-refractivity contribution in [3.05, 3.63) is 83.9 Å². The lowest BCUT2D eigenvalue weighted by atomic mass is 9.83. The molecule has 0 radical (unpaired) electrons. The van der Waals surface area contributed by atoms with Crippen LogP contribution in [0.1, 0.15) is 30.4 Å². The number of ether oxygens (including phenoxy) is 1. The van der Waals surface area contributed by atoms with E-state index in [-0.39, 0.29) is 0 Å². The van der Waals surface area contributed by atoms with Gasteiger partial charge in [0.2, 0.25) is 0 Å². The minimum atomic E-state index is 0.387. The lowest BCUT2D eigenvalue weighted by molar-refractivity contribution is 0.454. The Morgan fingerprint density at radius 3 is 1.67 bits per heavy atom. The van der Waals surface area contributed by atoms with Crippen molar-refractivity contribution >= 4 is 21.5 Å². The summed E-state index contributed by atoms with van der Waals surface area (Å²) < 4.78 is 6.54. The van der Waals surface area contributed by atoms with Crippen LogP contribution in [0.5, 0.6) is 11.5 Å². The number of fused-ring (bicyclic) bond motifs is 6. The molecule has 5 rings (SSSR count). The summed E-state index contributed by atoms with van der Waals surface area (Å²) in [5, 5.41) is 4.86. The number of rotatable bonds is 1. The third kappa shape index (κ3) is 1.81. The van der Waals surface area contributed by atoms with Gasteiger partial charge in [-0.15, -0.1) is 0 Å². The van der Waals surface area contributed by atoms with Crippen LogP contribution in [0.2, 0.25) is 0 Å². The smallest absolute Gasteiger partial charge is 0.139 e. The Kier molecular flexibility index (Phi) is 2.90. The van der Waals surface area contributed by atoms with Gasteiger partial charge in [-0.25, -0.2) is 0 Å². The molecular formula is C23H18O. The quantitative estimate of drug-likeness (QED) is 0.383. The second-order valence-corrected chi connectivity index (χ2v) is 6.47. The first kappa shape index (κ1) is 13.6. The summed E-state index contributed by atoms with van der Waals surface area (Å²) in [7, 11) is 0. The molecule has 0 bridgehead atoms. The van der Waals surface area contributed by atoms with E-state index in [1.165, 1.54) is 32.7 Å². The van der Waals surface area contributed by atoms with Gasteiger partial charge < -0.3 is 4.74 Å². The molecule has 1 aliphatic rings. The van der Waals surface area contributed by atoms with E-state index in [1.54, 1.807) is 0 Å². The molecular weight excluding hydrogens is 292 g/mol. The van der Waals surface area contributed by atoms with E-state index >= 15 is 0 Å². The van der Waals surface area contributed by atoms with Gasteiger partial charge in [0.1, 0.15) is 11.5 Å². The summed E-state index contributed by atoms with van der Waals surface area (Å²) in [6, 6.07) is 25.9. The molecule has 4 aromatic carbocycles. The van der Waals surface area contributed by atoms with Gasteiger partial charge in [0.25, 0.3) is 0 Å². The zero-order valence-electron chi connectivity index (χ0n) is 13.6. The Hall–Kier alpha value is -2.80. The van der Waals surface area contributed by atoms with Crippen molar-refractivity contribution in [1.82, 2.24) is 0 Å². The Morgan fingerprint density at radius 1 is 0.667 bits per heavy atom. The zero-order valence-corrected chi connectivity index (χ0v) is 13.6. The van der Waals surface area contributed by atoms with Crippen molar-refractivity contribution in [2.24, 2.45) is 0 Å². The second kappa shape index (κ2) is 5.10. The Balaban J connectivity index is 1.85. The molecule has 1 nitrogen and oxygen atoms in total. The number of hydrogen-bond donors (Lipinski definition) is 0. The van der Waals surface area contributed by atoms with E-state index in [9.17, 15) is 0 Å². The molecule has 0 aliphatic carbocycles. The highest BCUT2D eigenvalue weighted by molar-refractivity contribution is 5.95. The Bertz CT molecular complexity index is 993. The molecule has 0 saturated carbocycles. The molecule has 4 aromatic rings. The van der Waals surface area contributed by atoms with Crippen LogP contribution in [0.15, 0.2) is 72.8 Å². The number of benzene rings is 4. The first-order valence-corrected chi connectivity index (χ1v) is 8.58. The maximum Gasteiger partial charge on any atom is 0.139 e. The van der Waals surface area contributed by atoms with Gasteiger partial charge in [0, 0.05) is 27.8 Å². The highest BCUT2D eigenvalue weighted by Gasteiger charge is 2.28. The molecule has 0 unspecified atom stereocenters. The maximum absolute atomic E-state index is 6.54. The summed E-state index contributed by atoms with van der Waals surface area (Å²) in [6.07, 6.45) is 1.07. The fraction of sp³-hybridized carbons (Fsp3) is 0.130. The standard InChI is InChI=1S/C23H18O/c1-2-17-20-13-11-15-7-3-5-9-18(15)22(20)24-23-19-10-6-4-8-16(19)12-14-21(17)23/h3-14,17H,2H2,1H3. The van der Waals surface area contributed by atoms with Gasteiger partial charge in [-0.1, -0.05) is 79.7 Å².